The first kappa shape index (κ1) is 24.3. The number of furan rings is 2. The average molecular weight is 577 g/mol. The molecule has 45 heavy (non-hydrogen) atoms. The molecule has 0 aliphatic carbocycles. The van der Waals surface area contributed by atoms with Gasteiger partial charge in [0.1, 0.15) is 28.2 Å². The van der Waals surface area contributed by atoms with Gasteiger partial charge in [-0.05, 0) is 70.4 Å². The number of hydrogen-bond donors (Lipinski definition) is 0. The third-order valence-electron chi connectivity index (χ3n) is 9.01. The summed E-state index contributed by atoms with van der Waals surface area (Å²) in [5.74, 6) is 0.920. The quantitative estimate of drug-likeness (QED) is 0.210. The summed E-state index contributed by atoms with van der Waals surface area (Å²) in [6, 6.07) is 50.7. The molecule has 10 aromatic rings. The standard InChI is InChI=1S/C41H24N2O2/c1-2-10-27(11-3-1)43-35-16-8-7-15-34(35)42-41(43)26-20-18-25(19-21-26)31-22-39-40(30-14-5-4-12-28(30)31)33-24-37-32(23-38(33)45-39)29-13-6-9-17-36(29)44-37/h1-24H. The van der Waals surface area contributed by atoms with Crippen LogP contribution in [0.1, 0.15) is 0 Å². The molecule has 0 unspecified atom stereocenters. The van der Waals surface area contributed by atoms with E-state index in [9.17, 15) is 0 Å². The second kappa shape index (κ2) is 9.18. The summed E-state index contributed by atoms with van der Waals surface area (Å²) in [7, 11) is 0. The largest absolute Gasteiger partial charge is 0.456 e. The number of nitrogens with zero attached hydrogens (tertiary/aromatic N) is 2. The molecule has 3 aromatic heterocycles. The molecule has 0 aliphatic rings. The van der Waals surface area contributed by atoms with E-state index in [1.54, 1.807) is 0 Å². The zero-order valence-corrected chi connectivity index (χ0v) is 24.1. The maximum absolute atomic E-state index is 6.59. The second-order valence-corrected chi connectivity index (χ2v) is 11.6. The van der Waals surface area contributed by atoms with Gasteiger partial charge in [-0.1, -0.05) is 97.1 Å². The first-order valence-corrected chi connectivity index (χ1v) is 15.1. The molecule has 0 saturated carbocycles. The molecule has 4 heteroatoms. The van der Waals surface area contributed by atoms with Gasteiger partial charge in [-0.15, -0.1) is 0 Å². The Morgan fingerprint density at radius 3 is 1.96 bits per heavy atom. The Hall–Kier alpha value is -6.13. The van der Waals surface area contributed by atoms with Crippen molar-refractivity contribution in [1.82, 2.24) is 9.55 Å². The highest BCUT2D eigenvalue weighted by molar-refractivity contribution is 6.24. The molecule has 0 amide bonds. The van der Waals surface area contributed by atoms with Gasteiger partial charge >= 0.3 is 0 Å². The van der Waals surface area contributed by atoms with Crippen molar-refractivity contribution in [2.45, 2.75) is 0 Å². The fraction of sp³-hybridized carbons (Fsp3) is 0. The van der Waals surface area contributed by atoms with Crippen LogP contribution in [-0.4, -0.2) is 9.55 Å². The fourth-order valence-corrected chi connectivity index (χ4v) is 6.95. The van der Waals surface area contributed by atoms with Crippen LogP contribution < -0.4 is 0 Å². The monoisotopic (exact) mass is 576 g/mol. The van der Waals surface area contributed by atoms with Crippen molar-refractivity contribution >= 4 is 65.7 Å². The minimum absolute atomic E-state index is 0.863. The summed E-state index contributed by atoms with van der Waals surface area (Å²) in [5.41, 5.74) is 9.96. The Kier molecular flexibility index (Phi) is 4.96. The molecule has 0 saturated heterocycles. The molecule has 0 atom stereocenters. The van der Waals surface area contributed by atoms with E-state index in [0.29, 0.717) is 0 Å². The molecule has 10 rings (SSSR count). The van der Waals surface area contributed by atoms with Gasteiger partial charge in [0.15, 0.2) is 0 Å². The van der Waals surface area contributed by atoms with Gasteiger partial charge in [0.2, 0.25) is 0 Å². The third kappa shape index (κ3) is 3.57. The zero-order valence-electron chi connectivity index (χ0n) is 24.1. The smallest absolute Gasteiger partial charge is 0.145 e. The van der Waals surface area contributed by atoms with Gasteiger partial charge < -0.3 is 8.83 Å². The number of rotatable bonds is 3. The van der Waals surface area contributed by atoms with E-state index >= 15 is 0 Å². The number of hydrogen-bond acceptors (Lipinski definition) is 3. The summed E-state index contributed by atoms with van der Waals surface area (Å²) in [6.07, 6.45) is 0. The lowest BCUT2D eigenvalue weighted by Crippen LogP contribution is -1.97. The van der Waals surface area contributed by atoms with Crippen molar-refractivity contribution in [3.05, 3.63) is 146 Å². The van der Waals surface area contributed by atoms with Crippen LogP contribution in [0.3, 0.4) is 0 Å². The predicted octanol–water partition coefficient (Wildman–Crippen LogP) is 11.3. The van der Waals surface area contributed by atoms with Crippen LogP contribution in [0.4, 0.5) is 0 Å². The lowest BCUT2D eigenvalue weighted by Gasteiger charge is -2.11. The number of aromatic nitrogens is 2. The minimum atomic E-state index is 0.863. The molecule has 0 spiro atoms. The zero-order chi connectivity index (χ0) is 29.5. The third-order valence-corrected chi connectivity index (χ3v) is 9.01. The van der Waals surface area contributed by atoms with E-state index < -0.39 is 0 Å². The van der Waals surface area contributed by atoms with Crippen LogP contribution in [0.25, 0.3) is 93.9 Å². The number of para-hydroxylation sites is 4. The first-order valence-electron chi connectivity index (χ1n) is 15.1. The summed E-state index contributed by atoms with van der Waals surface area (Å²) in [5, 5.41) is 6.69. The molecule has 7 aromatic carbocycles. The molecule has 4 nitrogen and oxygen atoms in total. The van der Waals surface area contributed by atoms with Crippen molar-refractivity contribution < 1.29 is 8.83 Å². The summed E-state index contributed by atoms with van der Waals surface area (Å²) >= 11 is 0. The average Bonchev–Trinajstić information content (AvgIpc) is 3.78. The van der Waals surface area contributed by atoms with E-state index in [2.05, 4.69) is 120 Å². The second-order valence-electron chi connectivity index (χ2n) is 11.6. The molecular weight excluding hydrogens is 552 g/mol. The van der Waals surface area contributed by atoms with Crippen LogP contribution >= 0.6 is 0 Å². The Morgan fingerprint density at radius 2 is 1.09 bits per heavy atom. The minimum Gasteiger partial charge on any atom is -0.456 e. The number of fused-ring (bicyclic) bond motifs is 9. The fourth-order valence-electron chi connectivity index (χ4n) is 6.95. The Labute approximate surface area is 257 Å². The SMILES string of the molecule is c1ccc(-n2c(-c3ccc(-c4cc5oc6cc7c(cc6c5c5ccccc45)oc4ccccc47)cc3)nc3ccccc32)cc1. The summed E-state index contributed by atoms with van der Waals surface area (Å²) in [6.45, 7) is 0. The molecule has 0 N–H and O–H groups in total. The Bertz CT molecular complexity index is 2750. The van der Waals surface area contributed by atoms with E-state index in [-0.39, 0.29) is 0 Å². The van der Waals surface area contributed by atoms with Crippen molar-refractivity contribution in [3.63, 3.8) is 0 Å². The van der Waals surface area contributed by atoms with E-state index in [1.165, 1.54) is 5.39 Å². The number of imidazole rings is 1. The Morgan fingerprint density at radius 1 is 0.444 bits per heavy atom. The van der Waals surface area contributed by atoms with Crippen LogP contribution in [0, 0.1) is 0 Å². The van der Waals surface area contributed by atoms with Crippen LogP contribution in [0.15, 0.2) is 154 Å². The van der Waals surface area contributed by atoms with Crippen molar-refractivity contribution in [2.24, 2.45) is 0 Å². The first-order chi connectivity index (χ1) is 22.3. The van der Waals surface area contributed by atoms with Gasteiger partial charge in [0.05, 0.1) is 11.0 Å². The highest BCUT2D eigenvalue weighted by Crippen LogP contribution is 2.43. The maximum atomic E-state index is 6.59. The highest BCUT2D eigenvalue weighted by Gasteiger charge is 2.19. The maximum Gasteiger partial charge on any atom is 0.145 e. The van der Waals surface area contributed by atoms with E-state index in [4.69, 9.17) is 13.8 Å². The van der Waals surface area contributed by atoms with Gasteiger partial charge in [0.25, 0.3) is 0 Å². The molecule has 210 valence electrons. The summed E-state index contributed by atoms with van der Waals surface area (Å²) < 4.78 is 15.1. The van der Waals surface area contributed by atoms with E-state index in [1.807, 2.05) is 30.3 Å². The van der Waals surface area contributed by atoms with Gasteiger partial charge in [0, 0.05) is 32.8 Å². The van der Waals surface area contributed by atoms with Crippen LogP contribution in [0.5, 0.6) is 0 Å². The highest BCUT2D eigenvalue weighted by atomic mass is 16.3. The van der Waals surface area contributed by atoms with Crippen molar-refractivity contribution in [1.29, 1.82) is 0 Å². The van der Waals surface area contributed by atoms with Gasteiger partial charge in [-0.25, -0.2) is 4.98 Å². The topological polar surface area (TPSA) is 44.1 Å². The molecular formula is C41H24N2O2. The molecule has 0 aliphatic heterocycles. The Balaban J connectivity index is 1.15. The predicted molar refractivity (Wildman–Crippen MR) is 184 cm³/mol. The normalized spacial score (nSPS) is 12.0. The van der Waals surface area contributed by atoms with Gasteiger partial charge in [-0.3, -0.25) is 4.57 Å². The lowest BCUT2D eigenvalue weighted by atomic mass is 9.94. The lowest BCUT2D eigenvalue weighted by molar-refractivity contribution is 0.664. The van der Waals surface area contributed by atoms with E-state index in [0.717, 1.165) is 88.5 Å². The van der Waals surface area contributed by atoms with Gasteiger partial charge in [-0.2, -0.15) is 0 Å². The molecule has 0 bridgehead atoms. The number of benzene rings is 7. The van der Waals surface area contributed by atoms with Crippen molar-refractivity contribution in [2.75, 3.05) is 0 Å². The summed E-state index contributed by atoms with van der Waals surface area (Å²) in [4.78, 5) is 5.05. The molecule has 3 heterocycles. The molecule has 0 radical (unpaired) electrons. The van der Waals surface area contributed by atoms with Crippen LogP contribution in [0.2, 0.25) is 0 Å². The molecule has 0 fully saturated rings. The van der Waals surface area contributed by atoms with Crippen LogP contribution in [-0.2, 0) is 0 Å². The van der Waals surface area contributed by atoms with Crippen molar-refractivity contribution in [3.8, 4) is 28.2 Å².